The van der Waals surface area contributed by atoms with Gasteiger partial charge in [0.25, 0.3) is 0 Å². The van der Waals surface area contributed by atoms with Crippen LogP contribution in [0.3, 0.4) is 0 Å². The lowest BCUT2D eigenvalue weighted by Crippen LogP contribution is -2.29. The van der Waals surface area contributed by atoms with Gasteiger partial charge in [-0.05, 0) is 20.8 Å². The maximum atomic E-state index is 11.2. The maximum Gasteiger partial charge on any atom is 0.325 e. The largest absolute Gasteiger partial charge is 0.326 e. The predicted molar refractivity (Wildman–Crippen MR) is 48.2 cm³/mol. The van der Waals surface area contributed by atoms with Crippen molar-refractivity contribution in [2.45, 2.75) is 33.4 Å². The molecule has 0 spiro atoms. The molecular formula is C8H15N3O. The van der Waals surface area contributed by atoms with Gasteiger partial charge >= 0.3 is 5.69 Å². The molecule has 1 rings (SSSR count). The number of rotatable bonds is 2. The third kappa shape index (κ3) is 1.58. The molecule has 1 aromatic rings. The molecule has 68 valence electrons. The third-order valence-electron chi connectivity index (χ3n) is 1.96. The highest BCUT2D eigenvalue weighted by molar-refractivity contribution is 5.08. The highest BCUT2D eigenvalue weighted by atomic mass is 16.1. The minimum Gasteiger partial charge on any atom is -0.326 e. The van der Waals surface area contributed by atoms with Crippen molar-refractivity contribution in [1.29, 1.82) is 0 Å². The van der Waals surface area contributed by atoms with E-state index in [0.29, 0.717) is 6.54 Å². The Morgan fingerprint density at radius 1 is 1.58 bits per heavy atom. The molecular weight excluding hydrogens is 154 g/mol. The summed E-state index contributed by atoms with van der Waals surface area (Å²) in [4.78, 5) is 14.0. The lowest BCUT2D eigenvalue weighted by molar-refractivity contribution is 0.565. The number of aromatic amines is 1. The molecule has 1 heterocycles. The molecule has 0 aliphatic rings. The number of nitrogens with two attached hydrogens (primary N) is 1. The van der Waals surface area contributed by atoms with Crippen LogP contribution in [0.15, 0.2) is 4.79 Å². The second kappa shape index (κ2) is 3.15. The molecule has 4 nitrogen and oxygen atoms in total. The van der Waals surface area contributed by atoms with Crippen molar-refractivity contribution in [3.05, 3.63) is 21.9 Å². The summed E-state index contributed by atoms with van der Waals surface area (Å²) in [5, 5.41) is 0. The topological polar surface area (TPSA) is 63.8 Å². The van der Waals surface area contributed by atoms with Gasteiger partial charge in [0, 0.05) is 24.0 Å². The van der Waals surface area contributed by atoms with Gasteiger partial charge in [-0.15, -0.1) is 0 Å². The molecule has 0 fully saturated rings. The van der Waals surface area contributed by atoms with E-state index in [0.717, 1.165) is 11.4 Å². The molecule has 0 aromatic carbocycles. The Morgan fingerprint density at radius 3 is 2.50 bits per heavy atom. The molecule has 4 heteroatoms. The monoisotopic (exact) mass is 169 g/mol. The van der Waals surface area contributed by atoms with E-state index < -0.39 is 0 Å². The lowest BCUT2D eigenvalue weighted by atomic mass is 10.3. The van der Waals surface area contributed by atoms with Crippen molar-refractivity contribution in [3.8, 4) is 0 Å². The summed E-state index contributed by atoms with van der Waals surface area (Å²) in [6.45, 7) is 6.26. The summed E-state index contributed by atoms with van der Waals surface area (Å²) >= 11 is 0. The summed E-state index contributed by atoms with van der Waals surface area (Å²) in [5.41, 5.74) is 7.42. The smallest absolute Gasteiger partial charge is 0.325 e. The van der Waals surface area contributed by atoms with Gasteiger partial charge in [0.05, 0.1) is 0 Å². The van der Waals surface area contributed by atoms with Crippen LogP contribution in [0, 0.1) is 13.8 Å². The van der Waals surface area contributed by atoms with Gasteiger partial charge in [-0.25, -0.2) is 4.79 Å². The second-order valence-electron chi connectivity index (χ2n) is 3.23. The van der Waals surface area contributed by atoms with E-state index in [-0.39, 0.29) is 11.7 Å². The molecule has 0 radical (unpaired) electrons. The fourth-order valence-corrected chi connectivity index (χ4v) is 1.18. The van der Waals surface area contributed by atoms with Crippen LogP contribution in [-0.4, -0.2) is 15.6 Å². The first-order valence-corrected chi connectivity index (χ1v) is 4.04. The molecule has 1 unspecified atom stereocenters. The summed E-state index contributed by atoms with van der Waals surface area (Å²) < 4.78 is 1.67. The first kappa shape index (κ1) is 9.06. The van der Waals surface area contributed by atoms with E-state index in [2.05, 4.69) is 4.98 Å². The standard InChI is InChI=1S/C8H15N3O/c1-5(9)4-11-7(3)6(2)10-8(11)12/h5H,4,9H2,1-3H3,(H,10,12). The van der Waals surface area contributed by atoms with E-state index in [1.165, 1.54) is 0 Å². The van der Waals surface area contributed by atoms with Gasteiger partial charge in [0.15, 0.2) is 0 Å². The highest BCUT2D eigenvalue weighted by Crippen LogP contribution is 2.00. The fourth-order valence-electron chi connectivity index (χ4n) is 1.18. The Bertz CT molecular complexity index is 322. The Hall–Kier alpha value is -1.03. The summed E-state index contributed by atoms with van der Waals surface area (Å²) in [6, 6.07) is 0.0107. The number of nitrogens with zero attached hydrogens (tertiary/aromatic N) is 1. The van der Waals surface area contributed by atoms with Gasteiger partial charge in [-0.1, -0.05) is 0 Å². The van der Waals surface area contributed by atoms with Crippen molar-refractivity contribution in [2.24, 2.45) is 5.73 Å². The maximum absolute atomic E-state index is 11.2. The molecule has 0 amide bonds. The van der Waals surface area contributed by atoms with Gasteiger partial charge in [-0.3, -0.25) is 4.57 Å². The molecule has 3 N–H and O–H groups in total. The Labute approximate surface area is 71.4 Å². The van der Waals surface area contributed by atoms with Crippen LogP contribution in [0.1, 0.15) is 18.3 Å². The first-order chi connectivity index (χ1) is 5.52. The van der Waals surface area contributed by atoms with Crippen LogP contribution in [-0.2, 0) is 6.54 Å². The second-order valence-corrected chi connectivity index (χ2v) is 3.23. The van der Waals surface area contributed by atoms with Crippen LogP contribution in [0.25, 0.3) is 0 Å². The zero-order valence-corrected chi connectivity index (χ0v) is 7.72. The summed E-state index contributed by atoms with van der Waals surface area (Å²) in [6.07, 6.45) is 0. The van der Waals surface area contributed by atoms with Gasteiger partial charge < -0.3 is 10.7 Å². The highest BCUT2D eigenvalue weighted by Gasteiger charge is 2.06. The molecule has 12 heavy (non-hydrogen) atoms. The number of nitrogens with one attached hydrogen (secondary N) is 1. The average molecular weight is 169 g/mol. The van der Waals surface area contributed by atoms with Gasteiger partial charge in [0.1, 0.15) is 0 Å². The average Bonchev–Trinajstić information content (AvgIpc) is 2.16. The SMILES string of the molecule is Cc1[nH]c(=O)n(CC(C)N)c1C. The fraction of sp³-hybridized carbons (Fsp3) is 0.625. The Balaban J connectivity index is 3.06. The predicted octanol–water partition coefficient (Wildman–Crippen LogP) is 0.140. The van der Waals surface area contributed by atoms with Crippen LogP contribution >= 0.6 is 0 Å². The molecule has 0 bridgehead atoms. The number of hydrogen-bond donors (Lipinski definition) is 2. The van der Waals surface area contributed by atoms with E-state index in [4.69, 9.17) is 5.73 Å². The van der Waals surface area contributed by atoms with Crippen molar-refractivity contribution < 1.29 is 0 Å². The Kier molecular flexibility index (Phi) is 2.38. The minimum atomic E-state index is -0.0673. The number of imidazole rings is 1. The van der Waals surface area contributed by atoms with Crippen molar-refractivity contribution in [3.63, 3.8) is 0 Å². The number of aryl methyl sites for hydroxylation is 1. The van der Waals surface area contributed by atoms with Crippen molar-refractivity contribution in [1.82, 2.24) is 9.55 Å². The molecule has 0 aliphatic carbocycles. The van der Waals surface area contributed by atoms with Gasteiger partial charge in [-0.2, -0.15) is 0 Å². The van der Waals surface area contributed by atoms with Crippen LogP contribution in [0.5, 0.6) is 0 Å². The molecule has 0 saturated heterocycles. The number of hydrogen-bond acceptors (Lipinski definition) is 2. The van der Waals surface area contributed by atoms with E-state index >= 15 is 0 Å². The summed E-state index contributed by atoms with van der Waals surface area (Å²) in [5.74, 6) is 0. The zero-order chi connectivity index (χ0) is 9.30. The van der Waals surface area contributed by atoms with E-state index in [1.807, 2.05) is 20.8 Å². The molecule has 1 atom stereocenters. The normalized spacial score (nSPS) is 13.3. The van der Waals surface area contributed by atoms with Crippen LogP contribution in [0.2, 0.25) is 0 Å². The first-order valence-electron chi connectivity index (χ1n) is 4.04. The third-order valence-corrected chi connectivity index (χ3v) is 1.96. The Morgan fingerprint density at radius 2 is 2.17 bits per heavy atom. The minimum absolute atomic E-state index is 0.0107. The van der Waals surface area contributed by atoms with E-state index in [9.17, 15) is 4.79 Å². The van der Waals surface area contributed by atoms with Crippen molar-refractivity contribution in [2.75, 3.05) is 0 Å². The van der Waals surface area contributed by atoms with Gasteiger partial charge in [0.2, 0.25) is 0 Å². The van der Waals surface area contributed by atoms with Crippen LogP contribution < -0.4 is 11.4 Å². The molecule has 0 aliphatic heterocycles. The lowest BCUT2D eigenvalue weighted by Gasteiger charge is -2.06. The molecule has 1 aromatic heterocycles. The van der Waals surface area contributed by atoms with Crippen LogP contribution in [0.4, 0.5) is 0 Å². The number of H-pyrrole nitrogens is 1. The zero-order valence-electron chi connectivity index (χ0n) is 7.72. The quantitative estimate of drug-likeness (QED) is 0.661. The summed E-state index contributed by atoms with van der Waals surface area (Å²) in [7, 11) is 0. The van der Waals surface area contributed by atoms with E-state index in [1.54, 1.807) is 4.57 Å². The van der Waals surface area contributed by atoms with Crippen molar-refractivity contribution >= 4 is 0 Å². The molecule has 0 saturated carbocycles. The number of aromatic nitrogens is 2.